The predicted molar refractivity (Wildman–Crippen MR) is 45.1 cm³/mol. The number of hydrogen-bond donors (Lipinski definition) is 1. The maximum Gasteiger partial charge on any atom is 0.0744 e. The van der Waals surface area contributed by atoms with E-state index in [2.05, 4.69) is 12.2 Å². The lowest BCUT2D eigenvalue weighted by molar-refractivity contribution is 0.0127. The monoisotopic (exact) mass is 150 g/mol. The molecule has 0 heterocycles. The summed E-state index contributed by atoms with van der Waals surface area (Å²) in [5.74, 6) is 0.801. The molecule has 0 aromatic heterocycles. The molecule has 60 valence electrons. The van der Waals surface area contributed by atoms with Gasteiger partial charge in [-0.05, 0) is 25.7 Å². The normalized spacial score (nSPS) is 29.3. The van der Waals surface area contributed by atoms with Gasteiger partial charge < -0.3 is 5.11 Å². The Morgan fingerprint density at radius 1 is 1.27 bits per heavy atom. The smallest absolute Gasteiger partial charge is 0.0744 e. The fourth-order valence-corrected chi connectivity index (χ4v) is 1.76. The van der Waals surface area contributed by atoms with Gasteiger partial charge in [-0.15, -0.1) is 0 Å². The summed E-state index contributed by atoms with van der Waals surface area (Å²) in [4.78, 5) is 0. The molecule has 1 N–H and O–H groups in total. The van der Waals surface area contributed by atoms with Crippen LogP contribution in [0.2, 0.25) is 0 Å². The molecule has 2 aliphatic carbocycles. The van der Waals surface area contributed by atoms with Crippen molar-refractivity contribution in [2.75, 3.05) is 0 Å². The Hall–Kier alpha value is -0.560. The van der Waals surface area contributed by atoms with Crippen LogP contribution in [0, 0.1) is 11.8 Å². The molecule has 0 saturated heterocycles. The van der Waals surface area contributed by atoms with Crippen molar-refractivity contribution < 1.29 is 5.11 Å². The van der Waals surface area contributed by atoms with Gasteiger partial charge in [0.1, 0.15) is 0 Å². The standard InChI is InChI=1S/C10H14O/c1-10(11,9-6-7-9)8-4-2-3-5-8/h2-5,8-9,11H,6-7H2,1H3. The van der Waals surface area contributed by atoms with Crippen molar-refractivity contribution in [3.05, 3.63) is 24.3 Å². The van der Waals surface area contributed by atoms with Crippen LogP contribution in [0.1, 0.15) is 19.8 Å². The van der Waals surface area contributed by atoms with Crippen LogP contribution in [0.3, 0.4) is 0 Å². The van der Waals surface area contributed by atoms with Gasteiger partial charge in [0.25, 0.3) is 0 Å². The zero-order valence-electron chi connectivity index (χ0n) is 6.83. The Labute approximate surface area is 67.4 Å². The zero-order valence-corrected chi connectivity index (χ0v) is 6.83. The maximum absolute atomic E-state index is 10.1. The highest BCUT2D eigenvalue weighted by atomic mass is 16.3. The van der Waals surface area contributed by atoms with Crippen molar-refractivity contribution in [1.82, 2.24) is 0 Å². The van der Waals surface area contributed by atoms with E-state index in [0.29, 0.717) is 5.92 Å². The number of rotatable bonds is 2. The van der Waals surface area contributed by atoms with Crippen LogP contribution in [-0.4, -0.2) is 10.7 Å². The van der Waals surface area contributed by atoms with Crippen LogP contribution in [0.15, 0.2) is 24.3 Å². The van der Waals surface area contributed by atoms with Crippen LogP contribution < -0.4 is 0 Å². The fraction of sp³-hybridized carbons (Fsp3) is 0.600. The summed E-state index contributed by atoms with van der Waals surface area (Å²) in [5.41, 5.74) is -0.483. The van der Waals surface area contributed by atoms with Gasteiger partial charge in [0, 0.05) is 5.92 Å². The van der Waals surface area contributed by atoms with E-state index in [-0.39, 0.29) is 5.92 Å². The SMILES string of the molecule is CC(O)(C1C=CC=C1)C1CC1. The first kappa shape index (κ1) is 7.11. The molecular weight excluding hydrogens is 136 g/mol. The summed E-state index contributed by atoms with van der Waals surface area (Å²) < 4.78 is 0. The van der Waals surface area contributed by atoms with E-state index in [4.69, 9.17) is 0 Å². The van der Waals surface area contributed by atoms with Crippen LogP contribution in [0.25, 0.3) is 0 Å². The highest BCUT2D eigenvalue weighted by Crippen LogP contribution is 2.44. The van der Waals surface area contributed by atoms with E-state index in [0.717, 1.165) is 0 Å². The van der Waals surface area contributed by atoms with Gasteiger partial charge in [0.05, 0.1) is 5.60 Å². The van der Waals surface area contributed by atoms with Gasteiger partial charge in [0.15, 0.2) is 0 Å². The second-order valence-corrected chi connectivity index (χ2v) is 3.80. The van der Waals surface area contributed by atoms with Crippen molar-refractivity contribution >= 4 is 0 Å². The van der Waals surface area contributed by atoms with Crippen LogP contribution in [0.4, 0.5) is 0 Å². The molecule has 1 nitrogen and oxygen atoms in total. The van der Waals surface area contributed by atoms with Crippen molar-refractivity contribution in [2.24, 2.45) is 11.8 Å². The summed E-state index contributed by atoms with van der Waals surface area (Å²) >= 11 is 0. The van der Waals surface area contributed by atoms with Crippen molar-refractivity contribution in [3.63, 3.8) is 0 Å². The molecule has 0 aromatic rings. The average Bonchev–Trinajstić information content (AvgIpc) is 2.66. The minimum Gasteiger partial charge on any atom is -0.389 e. The predicted octanol–water partition coefficient (Wildman–Crippen LogP) is 1.89. The molecule has 1 heteroatoms. The molecule has 0 bridgehead atoms. The Bertz CT molecular complexity index is 197. The summed E-state index contributed by atoms with van der Waals surface area (Å²) in [6.07, 6.45) is 10.6. The van der Waals surface area contributed by atoms with E-state index >= 15 is 0 Å². The molecule has 1 fully saturated rings. The van der Waals surface area contributed by atoms with Crippen molar-refractivity contribution in [2.45, 2.75) is 25.4 Å². The first-order valence-electron chi connectivity index (χ1n) is 4.28. The molecule has 1 saturated carbocycles. The Kier molecular flexibility index (Phi) is 1.43. The lowest BCUT2D eigenvalue weighted by Crippen LogP contribution is -2.34. The third-order valence-electron chi connectivity index (χ3n) is 2.83. The van der Waals surface area contributed by atoms with E-state index in [9.17, 15) is 5.11 Å². The van der Waals surface area contributed by atoms with Crippen LogP contribution in [-0.2, 0) is 0 Å². The lowest BCUT2D eigenvalue weighted by atomic mass is 9.86. The summed E-state index contributed by atoms with van der Waals surface area (Å²) in [7, 11) is 0. The molecule has 0 aliphatic heterocycles. The van der Waals surface area contributed by atoms with E-state index < -0.39 is 5.60 Å². The van der Waals surface area contributed by atoms with Crippen LogP contribution >= 0.6 is 0 Å². The molecule has 0 radical (unpaired) electrons. The van der Waals surface area contributed by atoms with E-state index in [1.165, 1.54) is 12.8 Å². The first-order chi connectivity index (χ1) is 5.21. The molecule has 0 spiro atoms. The van der Waals surface area contributed by atoms with Gasteiger partial charge in [-0.25, -0.2) is 0 Å². The molecule has 2 rings (SSSR count). The largest absolute Gasteiger partial charge is 0.389 e. The summed E-state index contributed by atoms with van der Waals surface area (Å²) in [5, 5.41) is 10.1. The lowest BCUT2D eigenvalue weighted by Gasteiger charge is -2.27. The fourth-order valence-electron chi connectivity index (χ4n) is 1.76. The van der Waals surface area contributed by atoms with Crippen molar-refractivity contribution in [3.8, 4) is 0 Å². The second kappa shape index (κ2) is 2.21. The summed E-state index contributed by atoms with van der Waals surface area (Å²) in [6, 6.07) is 0. The highest BCUT2D eigenvalue weighted by Gasteiger charge is 2.43. The van der Waals surface area contributed by atoms with Gasteiger partial charge in [-0.3, -0.25) is 0 Å². The number of aliphatic hydroxyl groups is 1. The average molecular weight is 150 g/mol. The molecule has 11 heavy (non-hydrogen) atoms. The summed E-state index contributed by atoms with van der Waals surface area (Å²) in [6.45, 7) is 1.95. The maximum atomic E-state index is 10.1. The third kappa shape index (κ3) is 1.14. The van der Waals surface area contributed by atoms with Crippen molar-refractivity contribution in [1.29, 1.82) is 0 Å². The van der Waals surface area contributed by atoms with E-state index in [1.54, 1.807) is 0 Å². The molecule has 1 atom stereocenters. The quantitative estimate of drug-likeness (QED) is 0.637. The van der Waals surface area contributed by atoms with Gasteiger partial charge in [-0.1, -0.05) is 24.3 Å². The number of allylic oxidation sites excluding steroid dienone is 2. The minimum atomic E-state index is -0.483. The Morgan fingerprint density at radius 2 is 1.82 bits per heavy atom. The second-order valence-electron chi connectivity index (χ2n) is 3.80. The molecular formula is C10H14O. The molecule has 0 amide bonds. The number of hydrogen-bond acceptors (Lipinski definition) is 1. The van der Waals surface area contributed by atoms with E-state index in [1.807, 2.05) is 19.1 Å². The topological polar surface area (TPSA) is 20.2 Å². The third-order valence-corrected chi connectivity index (χ3v) is 2.83. The molecule has 0 aromatic carbocycles. The molecule has 1 unspecified atom stereocenters. The van der Waals surface area contributed by atoms with Crippen LogP contribution in [0.5, 0.6) is 0 Å². The first-order valence-corrected chi connectivity index (χ1v) is 4.28. The zero-order chi connectivity index (χ0) is 7.90. The van der Waals surface area contributed by atoms with Gasteiger partial charge in [-0.2, -0.15) is 0 Å². The minimum absolute atomic E-state index is 0.259. The highest BCUT2D eigenvalue weighted by molar-refractivity contribution is 5.22. The Balaban J connectivity index is 2.11. The van der Waals surface area contributed by atoms with Gasteiger partial charge in [0.2, 0.25) is 0 Å². The van der Waals surface area contributed by atoms with Gasteiger partial charge >= 0.3 is 0 Å². The molecule has 2 aliphatic rings. The Morgan fingerprint density at radius 3 is 2.27 bits per heavy atom.